The molecule has 0 fully saturated rings. The fraction of sp³-hybridized carbons (Fsp3) is 0.400. The first-order valence-electron chi connectivity index (χ1n) is 6.29. The van der Waals surface area contributed by atoms with Crippen molar-refractivity contribution in [3.05, 3.63) is 22.7 Å². The molecule has 0 unspecified atom stereocenters. The summed E-state index contributed by atoms with van der Waals surface area (Å²) in [5.74, 6) is 2.78. The Labute approximate surface area is 129 Å². The number of nitrogens with two attached hydrogens (primary N) is 1. The number of ether oxygens (including phenoxy) is 2. The largest absolute Gasteiger partial charge is 0.493 e. The van der Waals surface area contributed by atoms with Crippen molar-refractivity contribution in [2.75, 3.05) is 13.7 Å². The summed E-state index contributed by atoms with van der Waals surface area (Å²) in [7, 11) is 1.49. The molecule has 1 amide bonds. The van der Waals surface area contributed by atoms with Crippen molar-refractivity contribution >= 4 is 17.5 Å². The number of carbonyl (C=O) groups is 1. The van der Waals surface area contributed by atoms with Crippen LogP contribution >= 0.6 is 11.6 Å². The first kappa shape index (κ1) is 17.2. The molecule has 5 nitrogen and oxygen atoms in total. The molecule has 0 spiro atoms. The Morgan fingerprint density at radius 3 is 2.71 bits per heavy atom. The number of primary amides is 1. The first-order chi connectivity index (χ1) is 9.79. The molecule has 6 heteroatoms. The van der Waals surface area contributed by atoms with Crippen LogP contribution in [0.1, 0.15) is 19.4 Å². The molecule has 114 valence electrons. The van der Waals surface area contributed by atoms with Gasteiger partial charge >= 0.3 is 0 Å². The van der Waals surface area contributed by atoms with Gasteiger partial charge in [0.05, 0.1) is 17.7 Å². The van der Waals surface area contributed by atoms with Gasteiger partial charge in [-0.15, -0.1) is 6.42 Å². The Balaban J connectivity index is 2.93. The average molecular weight is 311 g/mol. The Bertz CT molecular complexity index is 565. The smallest absolute Gasteiger partial charge is 0.255 e. The third-order valence-corrected chi connectivity index (χ3v) is 3.02. The lowest BCUT2D eigenvalue weighted by Gasteiger charge is -2.20. The molecular weight excluding hydrogens is 292 g/mol. The van der Waals surface area contributed by atoms with Crippen LogP contribution in [0.3, 0.4) is 0 Å². The summed E-state index contributed by atoms with van der Waals surface area (Å²) < 4.78 is 10.5. The van der Waals surface area contributed by atoms with Gasteiger partial charge in [0.1, 0.15) is 0 Å². The molecule has 0 heterocycles. The summed E-state index contributed by atoms with van der Waals surface area (Å²) in [5.41, 5.74) is 5.50. The van der Waals surface area contributed by atoms with E-state index in [1.165, 1.54) is 7.11 Å². The van der Waals surface area contributed by atoms with Crippen LogP contribution < -0.4 is 20.5 Å². The van der Waals surface area contributed by atoms with Crippen LogP contribution in [-0.2, 0) is 11.3 Å². The van der Waals surface area contributed by atoms with Crippen molar-refractivity contribution in [2.24, 2.45) is 5.73 Å². The van der Waals surface area contributed by atoms with Gasteiger partial charge in [-0.1, -0.05) is 17.5 Å². The number of halogens is 1. The van der Waals surface area contributed by atoms with E-state index in [0.717, 1.165) is 5.56 Å². The molecule has 3 N–H and O–H groups in total. The van der Waals surface area contributed by atoms with Gasteiger partial charge in [0.15, 0.2) is 18.1 Å². The zero-order valence-electron chi connectivity index (χ0n) is 12.3. The Kier molecular flexibility index (Phi) is 5.89. The summed E-state index contributed by atoms with van der Waals surface area (Å²) in [6.07, 6.45) is 5.42. The number of hydrogen-bond acceptors (Lipinski definition) is 4. The maximum Gasteiger partial charge on any atom is 0.255 e. The molecule has 0 aromatic heterocycles. The molecule has 1 aromatic rings. The highest BCUT2D eigenvalue weighted by atomic mass is 35.5. The molecule has 1 rings (SSSR count). The summed E-state index contributed by atoms with van der Waals surface area (Å²) in [6, 6.07) is 3.49. The maximum atomic E-state index is 10.8. The van der Waals surface area contributed by atoms with Crippen LogP contribution in [0, 0.1) is 12.3 Å². The zero-order chi connectivity index (χ0) is 16.0. The van der Waals surface area contributed by atoms with Crippen molar-refractivity contribution in [1.29, 1.82) is 0 Å². The third kappa shape index (κ3) is 5.18. The number of hydrogen-bond donors (Lipinski definition) is 2. The molecule has 0 aliphatic rings. The van der Waals surface area contributed by atoms with Gasteiger partial charge in [0.25, 0.3) is 5.91 Å². The molecule has 21 heavy (non-hydrogen) atoms. The van der Waals surface area contributed by atoms with Crippen LogP contribution in [0.2, 0.25) is 5.02 Å². The van der Waals surface area contributed by atoms with Gasteiger partial charge in [-0.05, 0) is 31.5 Å². The summed E-state index contributed by atoms with van der Waals surface area (Å²) in [6.45, 7) is 4.05. The topological polar surface area (TPSA) is 73.6 Å². The molecule has 0 radical (unpaired) electrons. The van der Waals surface area contributed by atoms with Gasteiger partial charge in [-0.25, -0.2) is 0 Å². The van der Waals surface area contributed by atoms with Crippen molar-refractivity contribution in [3.63, 3.8) is 0 Å². The second kappa shape index (κ2) is 7.21. The van der Waals surface area contributed by atoms with Crippen molar-refractivity contribution in [1.82, 2.24) is 5.32 Å². The van der Waals surface area contributed by atoms with Crippen LogP contribution in [0.25, 0.3) is 0 Å². The van der Waals surface area contributed by atoms with E-state index in [-0.39, 0.29) is 12.4 Å². The van der Waals surface area contributed by atoms with Gasteiger partial charge in [-0.3, -0.25) is 10.1 Å². The predicted octanol–water partition coefficient (Wildman–Crippen LogP) is 1.71. The minimum atomic E-state index is -0.588. The summed E-state index contributed by atoms with van der Waals surface area (Å²) >= 11 is 6.16. The number of carbonyl (C=O) groups excluding carboxylic acids is 1. The van der Waals surface area contributed by atoms with Gasteiger partial charge in [0.2, 0.25) is 0 Å². The van der Waals surface area contributed by atoms with E-state index in [4.69, 9.17) is 33.2 Å². The molecular formula is C15H19ClN2O3. The lowest BCUT2D eigenvalue weighted by Crippen LogP contribution is -2.36. The van der Waals surface area contributed by atoms with Gasteiger partial charge in [-0.2, -0.15) is 0 Å². The Hall–Kier alpha value is -1.90. The Morgan fingerprint density at radius 2 is 2.19 bits per heavy atom. The van der Waals surface area contributed by atoms with Crippen LogP contribution in [0.4, 0.5) is 0 Å². The minimum absolute atomic E-state index is 0.266. The SMILES string of the molecule is C#CC(C)(C)NCc1cc(Cl)c(OCC(N)=O)c(OC)c1. The minimum Gasteiger partial charge on any atom is -0.493 e. The van der Waals surface area contributed by atoms with Gasteiger partial charge in [0, 0.05) is 6.54 Å². The molecule has 0 aliphatic heterocycles. The van der Waals surface area contributed by atoms with E-state index < -0.39 is 11.4 Å². The maximum absolute atomic E-state index is 10.8. The van der Waals surface area contributed by atoms with E-state index in [1.54, 1.807) is 12.1 Å². The van der Waals surface area contributed by atoms with Crippen molar-refractivity contribution in [3.8, 4) is 23.8 Å². The number of terminal acetylenes is 1. The van der Waals surface area contributed by atoms with E-state index in [0.29, 0.717) is 17.3 Å². The second-order valence-corrected chi connectivity index (χ2v) is 5.39. The fourth-order valence-electron chi connectivity index (χ4n) is 1.53. The highest BCUT2D eigenvalue weighted by molar-refractivity contribution is 6.32. The number of amides is 1. The quantitative estimate of drug-likeness (QED) is 0.752. The molecule has 0 atom stereocenters. The molecule has 0 saturated heterocycles. The van der Waals surface area contributed by atoms with E-state index in [1.807, 2.05) is 13.8 Å². The number of nitrogens with one attached hydrogen (secondary N) is 1. The van der Waals surface area contributed by atoms with Crippen LogP contribution in [0.15, 0.2) is 12.1 Å². The third-order valence-electron chi connectivity index (χ3n) is 2.74. The summed E-state index contributed by atoms with van der Waals surface area (Å²) in [5, 5.41) is 3.55. The molecule has 0 aliphatic carbocycles. The highest BCUT2D eigenvalue weighted by Gasteiger charge is 2.16. The predicted molar refractivity (Wildman–Crippen MR) is 82.4 cm³/mol. The normalized spacial score (nSPS) is 10.8. The van der Waals surface area contributed by atoms with Crippen LogP contribution in [-0.4, -0.2) is 25.2 Å². The number of benzene rings is 1. The molecule has 0 bridgehead atoms. The fourth-order valence-corrected chi connectivity index (χ4v) is 1.82. The lowest BCUT2D eigenvalue weighted by atomic mass is 10.1. The highest BCUT2D eigenvalue weighted by Crippen LogP contribution is 2.36. The summed E-state index contributed by atoms with van der Waals surface area (Å²) in [4.78, 5) is 10.8. The number of methoxy groups -OCH3 is 1. The average Bonchev–Trinajstić information content (AvgIpc) is 2.43. The lowest BCUT2D eigenvalue weighted by molar-refractivity contribution is -0.119. The zero-order valence-corrected chi connectivity index (χ0v) is 13.1. The monoisotopic (exact) mass is 310 g/mol. The Morgan fingerprint density at radius 1 is 1.52 bits per heavy atom. The van der Waals surface area contributed by atoms with E-state index in [2.05, 4.69) is 11.2 Å². The van der Waals surface area contributed by atoms with Crippen molar-refractivity contribution < 1.29 is 14.3 Å². The number of rotatable bonds is 7. The first-order valence-corrected chi connectivity index (χ1v) is 6.67. The van der Waals surface area contributed by atoms with Crippen LogP contribution in [0.5, 0.6) is 11.5 Å². The van der Waals surface area contributed by atoms with Crippen molar-refractivity contribution in [2.45, 2.75) is 25.9 Å². The molecule has 1 aromatic carbocycles. The second-order valence-electron chi connectivity index (χ2n) is 4.99. The van der Waals surface area contributed by atoms with E-state index >= 15 is 0 Å². The van der Waals surface area contributed by atoms with E-state index in [9.17, 15) is 4.79 Å². The molecule has 0 saturated carbocycles. The standard InChI is InChI=1S/C15H19ClN2O3/c1-5-15(2,3)18-8-10-6-11(16)14(12(7-10)20-4)21-9-13(17)19/h1,6-7,18H,8-9H2,2-4H3,(H2,17,19). The van der Waals surface area contributed by atoms with Gasteiger partial charge < -0.3 is 15.2 Å².